The molecule has 0 spiro atoms. The maximum absolute atomic E-state index is 10.7. The molecule has 0 fully saturated rings. The predicted octanol–water partition coefficient (Wildman–Crippen LogP) is 5.50. The maximum Gasteiger partial charge on any atom is 0.209 e. The summed E-state index contributed by atoms with van der Waals surface area (Å²) in [5.41, 5.74) is 2.76. The van der Waals surface area contributed by atoms with Crippen LogP contribution in [-0.2, 0) is 10.8 Å². The molecule has 0 aliphatic heterocycles. The summed E-state index contributed by atoms with van der Waals surface area (Å²) in [6.45, 7) is 14.9. The Bertz CT molecular complexity index is 731. The fourth-order valence-electron chi connectivity index (χ4n) is 2.29. The third-order valence-electron chi connectivity index (χ3n) is 3.74. The molecule has 1 aromatic carbocycles. The molecule has 2 aromatic rings. The minimum Gasteiger partial charge on any atom is -0.507 e. The molecule has 1 heterocycles. The number of aliphatic imine (C=N–C) groups is 1. The van der Waals surface area contributed by atoms with Crippen LogP contribution in [-0.4, -0.2) is 16.3 Å². The van der Waals surface area contributed by atoms with Gasteiger partial charge in [-0.1, -0.05) is 47.6 Å². The predicted molar refractivity (Wildman–Crippen MR) is 99.6 cm³/mol. The van der Waals surface area contributed by atoms with Crippen molar-refractivity contribution in [2.45, 2.75) is 59.3 Å². The minimum atomic E-state index is -0.133. The topological polar surface area (TPSA) is 45.5 Å². The second-order valence-corrected chi connectivity index (χ2v) is 9.19. The van der Waals surface area contributed by atoms with Gasteiger partial charge in [-0.15, -0.1) is 11.3 Å². The van der Waals surface area contributed by atoms with Gasteiger partial charge in [-0.05, 0) is 29.4 Å². The van der Waals surface area contributed by atoms with E-state index in [4.69, 9.17) is 0 Å². The molecule has 0 radical (unpaired) electrons. The van der Waals surface area contributed by atoms with Gasteiger partial charge in [0.2, 0.25) is 5.13 Å². The number of hydrogen-bond donors (Lipinski definition) is 1. The number of aromatic nitrogens is 1. The summed E-state index contributed by atoms with van der Waals surface area (Å²) in [5, 5.41) is 11.4. The van der Waals surface area contributed by atoms with Crippen LogP contribution in [0.15, 0.2) is 23.3 Å². The third-order valence-corrected chi connectivity index (χ3v) is 4.56. The molecule has 3 nitrogen and oxygen atoms in total. The number of phenols is 1. The van der Waals surface area contributed by atoms with Crippen molar-refractivity contribution >= 4 is 22.7 Å². The van der Waals surface area contributed by atoms with Crippen molar-refractivity contribution in [2.24, 2.45) is 4.99 Å². The summed E-state index contributed by atoms with van der Waals surface area (Å²) < 4.78 is 0. The quantitative estimate of drug-likeness (QED) is 0.739. The van der Waals surface area contributed by atoms with Crippen molar-refractivity contribution in [3.63, 3.8) is 0 Å². The van der Waals surface area contributed by atoms with E-state index in [0.29, 0.717) is 10.9 Å². The van der Waals surface area contributed by atoms with E-state index >= 15 is 0 Å². The van der Waals surface area contributed by atoms with E-state index in [2.05, 4.69) is 57.6 Å². The summed E-state index contributed by atoms with van der Waals surface area (Å²) in [4.78, 5) is 9.79. The Hall–Kier alpha value is -1.68. The van der Waals surface area contributed by atoms with Crippen LogP contribution in [0.3, 0.4) is 0 Å². The van der Waals surface area contributed by atoms with Crippen molar-refractivity contribution < 1.29 is 5.11 Å². The molecule has 0 atom stereocenters. The highest BCUT2D eigenvalue weighted by atomic mass is 32.1. The van der Waals surface area contributed by atoms with Gasteiger partial charge in [-0.25, -0.2) is 9.98 Å². The van der Waals surface area contributed by atoms with E-state index in [1.165, 1.54) is 5.56 Å². The number of thiazole rings is 1. The Balaban J connectivity index is 2.55. The van der Waals surface area contributed by atoms with E-state index in [1.54, 1.807) is 17.6 Å². The average molecular weight is 330 g/mol. The Morgan fingerprint density at radius 1 is 1.09 bits per heavy atom. The van der Waals surface area contributed by atoms with Gasteiger partial charge in [0.25, 0.3) is 0 Å². The summed E-state index contributed by atoms with van der Waals surface area (Å²) in [7, 11) is 0. The van der Waals surface area contributed by atoms with Crippen LogP contribution in [0, 0.1) is 6.92 Å². The first kappa shape index (κ1) is 17.7. The first-order chi connectivity index (χ1) is 10.5. The lowest BCUT2D eigenvalue weighted by Crippen LogP contribution is -2.17. The molecule has 0 aliphatic carbocycles. The molecule has 0 saturated carbocycles. The summed E-state index contributed by atoms with van der Waals surface area (Å²) in [6.07, 6.45) is 3.53. The standard InChI is InChI=1S/C19H26N2OS/c1-12-10-20-17(23-12)21-11-13-8-14(18(2,3)4)9-15(16(13)22)19(5,6)7/h8-11,22H,1-7H3/b21-11+. The van der Waals surface area contributed by atoms with E-state index in [-0.39, 0.29) is 10.8 Å². The summed E-state index contributed by atoms with van der Waals surface area (Å²) >= 11 is 1.54. The lowest BCUT2D eigenvalue weighted by atomic mass is 9.79. The first-order valence-corrected chi connectivity index (χ1v) is 8.64. The summed E-state index contributed by atoms with van der Waals surface area (Å²) in [5.74, 6) is 0.308. The maximum atomic E-state index is 10.7. The molecule has 0 bridgehead atoms. The number of phenolic OH excluding ortho intramolecular Hbond substituents is 1. The molecule has 1 aromatic heterocycles. The lowest BCUT2D eigenvalue weighted by molar-refractivity contribution is 0.444. The van der Waals surface area contributed by atoms with Crippen molar-refractivity contribution in [3.05, 3.63) is 39.9 Å². The highest BCUT2D eigenvalue weighted by Crippen LogP contribution is 2.37. The van der Waals surface area contributed by atoms with Gasteiger partial charge >= 0.3 is 0 Å². The Morgan fingerprint density at radius 3 is 2.22 bits per heavy atom. The Kier molecular flexibility index (Phi) is 4.67. The number of hydrogen-bond acceptors (Lipinski definition) is 4. The SMILES string of the molecule is Cc1cnc(/N=C/c2cc(C(C)(C)C)cc(C(C)(C)C)c2O)s1. The zero-order valence-corrected chi connectivity index (χ0v) is 15.9. The first-order valence-electron chi connectivity index (χ1n) is 7.83. The largest absolute Gasteiger partial charge is 0.507 e. The van der Waals surface area contributed by atoms with Crippen molar-refractivity contribution in [3.8, 4) is 5.75 Å². The molecule has 2 rings (SSSR count). The number of benzene rings is 1. The van der Waals surface area contributed by atoms with E-state index < -0.39 is 0 Å². The Morgan fingerprint density at radius 2 is 1.74 bits per heavy atom. The fraction of sp³-hybridized carbons (Fsp3) is 0.474. The number of aryl methyl sites for hydroxylation is 1. The van der Waals surface area contributed by atoms with Crippen LogP contribution >= 0.6 is 11.3 Å². The molecule has 23 heavy (non-hydrogen) atoms. The monoisotopic (exact) mass is 330 g/mol. The van der Waals surface area contributed by atoms with Gasteiger partial charge in [0, 0.05) is 28.4 Å². The minimum absolute atomic E-state index is 0.00800. The number of rotatable bonds is 2. The molecule has 124 valence electrons. The molecular weight excluding hydrogens is 304 g/mol. The molecule has 0 aliphatic rings. The number of nitrogens with zero attached hydrogens (tertiary/aromatic N) is 2. The van der Waals surface area contributed by atoms with Crippen LogP contribution in [0.5, 0.6) is 5.75 Å². The van der Waals surface area contributed by atoms with E-state index in [0.717, 1.165) is 16.0 Å². The van der Waals surface area contributed by atoms with Gasteiger partial charge in [-0.2, -0.15) is 0 Å². The van der Waals surface area contributed by atoms with Gasteiger partial charge in [0.15, 0.2) is 0 Å². The zero-order chi connectivity index (χ0) is 17.4. The van der Waals surface area contributed by atoms with Crippen molar-refractivity contribution in [2.75, 3.05) is 0 Å². The fourth-order valence-corrected chi connectivity index (χ4v) is 2.89. The van der Waals surface area contributed by atoms with Gasteiger partial charge in [0.05, 0.1) is 0 Å². The van der Waals surface area contributed by atoms with Crippen LogP contribution in [0.4, 0.5) is 5.13 Å². The summed E-state index contributed by atoms with van der Waals surface area (Å²) in [6, 6.07) is 4.13. The third kappa shape index (κ3) is 4.20. The van der Waals surface area contributed by atoms with Crippen LogP contribution in [0.1, 0.15) is 63.1 Å². The van der Waals surface area contributed by atoms with Crippen molar-refractivity contribution in [1.82, 2.24) is 4.98 Å². The normalized spacial score (nSPS) is 13.0. The zero-order valence-electron chi connectivity index (χ0n) is 15.1. The second kappa shape index (κ2) is 6.08. The van der Waals surface area contributed by atoms with E-state index in [1.807, 2.05) is 19.2 Å². The van der Waals surface area contributed by atoms with Gasteiger partial charge < -0.3 is 5.11 Å². The van der Waals surface area contributed by atoms with Crippen LogP contribution < -0.4 is 0 Å². The molecule has 1 N–H and O–H groups in total. The lowest BCUT2D eigenvalue weighted by Gasteiger charge is -2.26. The molecular formula is C19H26N2OS. The van der Waals surface area contributed by atoms with E-state index in [9.17, 15) is 5.11 Å². The van der Waals surface area contributed by atoms with Gasteiger partial charge in [-0.3, -0.25) is 0 Å². The molecule has 0 amide bonds. The second-order valence-electron chi connectivity index (χ2n) is 7.97. The number of aromatic hydroxyl groups is 1. The van der Waals surface area contributed by atoms with Crippen LogP contribution in [0.2, 0.25) is 0 Å². The molecule has 0 unspecified atom stereocenters. The van der Waals surface area contributed by atoms with Crippen molar-refractivity contribution in [1.29, 1.82) is 0 Å². The van der Waals surface area contributed by atoms with Gasteiger partial charge in [0.1, 0.15) is 5.75 Å². The Labute approximate surface area is 143 Å². The average Bonchev–Trinajstić information content (AvgIpc) is 2.80. The molecule has 0 saturated heterocycles. The highest BCUT2D eigenvalue weighted by molar-refractivity contribution is 7.15. The highest BCUT2D eigenvalue weighted by Gasteiger charge is 2.24. The smallest absolute Gasteiger partial charge is 0.209 e. The van der Waals surface area contributed by atoms with Crippen LogP contribution in [0.25, 0.3) is 0 Å². The molecule has 4 heteroatoms.